The van der Waals surface area contributed by atoms with Crippen LogP contribution in [0.4, 0.5) is 0 Å². The zero-order valence-electron chi connectivity index (χ0n) is 13.7. The van der Waals surface area contributed by atoms with Crippen molar-refractivity contribution in [1.82, 2.24) is 0 Å². The van der Waals surface area contributed by atoms with Gasteiger partial charge >= 0.3 is 0 Å². The summed E-state index contributed by atoms with van der Waals surface area (Å²) in [6.45, 7) is 0. The summed E-state index contributed by atoms with van der Waals surface area (Å²) >= 11 is 0. The second kappa shape index (κ2) is 7.47. The molecule has 2 aromatic carbocycles. The second-order valence-corrected chi connectivity index (χ2v) is 8.15. The predicted molar refractivity (Wildman–Crippen MR) is 92.5 cm³/mol. The van der Waals surface area contributed by atoms with Gasteiger partial charge in [-0.2, -0.15) is 0 Å². The third-order valence-electron chi connectivity index (χ3n) is 4.38. The Morgan fingerprint density at radius 2 is 1.62 bits per heavy atom. The molecule has 1 saturated heterocycles. The molecule has 1 fully saturated rings. The summed E-state index contributed by atoms with van der Waals surface area (Å²) < 4.78 is 37.2. The lowest BCUT2D eigenvalue weighted by molar-refractivity contribution is -0.0747. The van der Waals surface area contributed by atoms with E-state index in [1.807, 2.05) is 30.3 Å². The summed E-state index contributed by atoms with van der Waals surface area (Å²) in [5, 5.41) is 0. The van der Waals surface area contributed by atoms with Gasteiger partial charge in [-0.25, -0.2) is 8.42 Å². The molecule has 3 rings (SSSR count). The molecule has 0 radical (unpaired) electrons. The Morgan fingerprint density at radius 1 is 1.00 bits per heavy atom. The van der Waals surface area contributed by atoms with Crippen LogP contribution in [-0.2, 0) is 25.7 Å². The molecule has 0 aliphatic carbocycles. The van der Waals surface area contributed by atoms with Gasteiger partial charge in [0.15, 0.2) is 5.44 Å². The normalized spacial score (nSPS) is 24.6. The number of methoxy groups -OCH3 is 1. The monoisotopic (exact) mass is 346 g/mol. The molecule has 2 aromatic rings. The van der Waals surface area contributed by atoms with Gasteiger partial charge in [-0.15, -0.1) is 0 Å². The maximum Gasteiger partial charge on any atom is 0.205 e. The summed E-state index contributed by atoms with van der Waals surface area (Å²) in [6.07, 6.45) is 1.46. The van der Waals surface area contributed by atoms with Gasteiger partial charge in [-0.1, -0.05) is 48.5 Å². The molecule has 0 spiro atoms. The largest absolute Gasteiger partial charge is 0.381 e. The standard InChI is InChI=1S/C19H22O4S/c1-22-16-13-17(12-15-8-4-2-5-9-15)23-19(14-16)24(20,21)18-10-6-3-7-11-18/h2-11,16-17,19H,12-14H2,1H3/t16-,17-,19-/m1/s1. The first kappa shape index (κ1) is 17.1. The fourth-order valence-electron chi connectivity index (χ4n) is 3.09. The first-order valence-corrected chi connectivity index (χ1v) is 9.65. The van der Waals surface area contributed by atoms with Crippen LogP contribution in [0.1, 0.15) is 18.4 Å². The quantitative estimate of drug-likeness (QED) is 0.834. The van der Waals surface area contributed by atoms with Crippen molar-refractivity contribution in [1.29, 1.82) is 0 Å². The van der Waals surface area contributed by atoms with E-state index in [0.29, 0.717) is 24.2 Å². The highest BCUT2D eigenvalue weighted by atomic mass is 32.2. The highest BCUT2D eigenvalue weighted by Crippen LogP contribution is 2.30. The Labute approximate surface area is 143 Å². The highest BCUT2D eigenvalue weighted by Gasteiger charge is 2.38. The smallest absolute Gasteiger partial charge is 0.205 e. The molecule has 0 bridgehead atoms. The van der Waals surface area contributed by atoms with Crippen LogP contribution in [0.15, 0.2) is 65.6 Å². The van der Waals surface area contributed by atoms with E-state index < -0.39 is 15.3 Å². The highest BCUT2D eigenvalue weighted by molar-refractivity contribution is 7.91. The summed E-state index contributed by atoms with van der Waals surface area (Å²) in [5.41, 5.74) is 0.266. The molecule has 0 amide bonds. The number of rotatable bonds is 5. The topological polar surface area (TPSA) is 52.6 Å². The van der Waals surface area contributed by atoms with Crippen LogP contribution >= 0.6 is 0 Å². The molecule has 128 valence electrons. The summed E-state index contributed by atoms with van der Waals surface area (Å²) in [4.78, 5) is 0.296. The molecule has 0 aromatic heterocycles. The van der Waals surface area contributed by atoms with Gasteiger partial charge in [0.2, 0.25) is 9.84 Å². The van der Waals surface area contributed by atoms with Crippen LogP contribution in [0, 0.1) is 0 Å². The molecule has 24 heavy (non-hydrogen) atoms. The zero-order chi connectivity index (χ0) is 17.0. The first-order valence-electron chi connectivity index (χ1n) is 8.10. The lowest BCUT2D eigenvalue weighted by atomic mass is 9.99. The Kier molecular flexibility index (Phi) is 5.33. The van der Waals surface area contributed by atoms with Crippen molar-refractivity contribution in [2.24, 2.45) is 0 Å². The molecule has 0 unspecified atom stereocenters. The van der Waals surface area contributed by atoms with E-state index in [-0.39, 0.29) is 12.2 Å². The van der Waals surface area contributed by atoms with E-state index >= 15 is 0 Å². The molecule has 4 nitrogen and oxygen atoms in total. The molecule has 1 heterocycles. The summed E-state index contributed by atoms with van der Waals surface area (Å²) in [7, 11) is -1.91. The van der Waals surface area contributed by atoms with Gasteiger partial charge in [0.25, 0.3) is 0 Å². The van der Waals surface area contributed by atoms with Crippen molar-refractivity contribution in [3.63, 3.8) is 0 Å². The first-order chi connectivity index (χ1) is 11.6. The molecule has 1 aliphatic heterocycles. The Hall–Kier alpha value is -1.69. The average Bonchev–Trinajstić information content (AvgIpc) is 2.63. The number of benzene rings is 2. The SMILES string of the molecule is CO[C@@H]1C[C@@H](Cc2ccccc2)O[C@H](S(=O)(=O)c2ccccc2)C1. The van der Waals surface area contributed by atoms with Crippen LogP contribution in [0.25, 0.3) is 0 Å². The van der Waals surface area contributed by atoms with Crippen LogP contribution in [-0.4, -0.2) is 33.2 Å². The summed E-state index contributed by atoms with van der Waals surface area (Å²) in [5.74, 6) is 0. The van der Waals surface area contributed by atoms with Crippen LogP contribution < -0.4 is 0 Å². The van der Waals surface area contributed by atoms with Crippen molar-refractivity contribution < 1.29 is 17.9 Å². The van der Waals surface area contributed by atoms with Gasteiger partial charge in [0.05, 0.1) is 17.1 Å². The molecule has 5 heteroatoms. The second-order valence-electron chi connectivity index (χ2n) is 6.06. The van der Waals surface area contributed by atoms with Gasteiger partial charge in [-0.3, -0.25) is 0 Å². The predicted octanol–water partition coefficient (Wildman–Crippen LogP) is 3.22. The molecular weight excluding hydrogens is 324 g/mol. The van der Waals surface area contributed by atoms with Crippen LogP contribution in [0.5, 0.6) is 0 Å². The number of ether oxygens (including phenoxy) is 2. The van der Waals surface area contributed by atoms with Crippen LogP contribution in [0.3, 0.4) is 0 Å². The van der Waals surface area contributed by atoms with Gasteiger partial charge < -0.3 is 9.47 Å². The fourth-order valence-corrected chi connectivity index (χ4v) is 4.70. The van der Waals surface area contributed by atoms with Crippen molar-refractivity contribution in [2.45, 2.75) is 41.8 Å². The molecule has 3 atom stereocenters. The van der Waals surface area contributed by atoms with E-state index in [1.54, 1.807) is 37.4 Å². The van der Waals surface area contributed by atoms with E-state index in [0.717, 1.165) is 5.56 Å². The minimum absolute atomic E-state index is 0.115. The van der Waals surface area contributed by atoms with E-state index in [2.05, 4.69) is 0 Å². The van der Waals surface area contributed by atoms with Crippen LogP contribution in [0.2, 0.25) is 0 Å². The molecule has 0 N–H and O–H groups in total. The molecular formula is C19H22O4S. The van der Waals surface area contributed by atoms with E-state index in [9.17, 15) is 8.42 Å². The molecule has 1 aliphatic rings. The van der Waals surface area contributed by atoms with Crippen molar-refractivity contribution >= 4 is 9.84 Å². The van der Waals surface area contributed by atoms with Gasteiger partial charge in [0, 0.05) is 20.0 Å². The van der Waals surface area contributed by atoms with Gasteiger partial charge in [0.1, 0.15) is 0 Å². The fraction of sp³-hybridized carbons (Fsp3) is 0.368. The maximum atomic E-state index is 12.9. The number of hydrogen-bond donors (Lipinski definition) is 0. The minimum atomic E-state index is -3.53. The third kappa shape index (κ3) is 3.86. The van der Waals surface area contributed by atoms with Crippen molar-refractivity contribution in [2.75, 3.05) is 7.11 Å². The Bertz CT molecular complexity index is 743. The number of hydrogen-bond acceptors (Lipinski definition) is 4. The van der Waals surface area contributed by atoms with Crippen molar-refractivity contribution in [3.05, 3.63) is 66.2 Å². The third-order valence-corrected chi connectivity index (χ3v) is 6.31. The lowest BCUT2D eigenvalue weighted by Gasteiger charge is -2.34. The lowest BCUT2D eigenvalue weighted by Crippen LogP contribution is -2.41. The zero-order valence-corrected chi connectivity index (χ0v) is 14.5. The summed E-state index contributed by atoms with van der Waals surface area (Å²) in [6, 6.07) is 18.5. The van der Waals surface area contributed by atoms with Crippen molar-refractivity contribution in [3.8, 4) is 0 Å². The van der Waals surface area contributed by atoms with E-state index in [1.165, 1.54) is 0 Å². The minimum Gasteiger partial charge on any atom is -0.381 e. The Morgan fingerprint density at radius 3 is 2.25 bits per heavy atom. The number of sulfone groups is 1. The van der Waals surface area contributed by atoms with Gasteiger partial charge in [-0.05, 0) is 24.1 Å². The van der Waals surface area contributed by atoms with E-state index in [4.69, 9.17) is 9.47 Å². The molecule has 0 saturated carbocycles. The Balaban J connectivity index is 1.80. The average molecular weight is 346 g/mol. The maximum absolute atomic E-state index is 12.9.